The van der Waals surface area contributed by atoms with E-state index in [-0.39, 0.29) is 5.54 Å². The highest BCUT2D eigenvalue weighted by molar-refractivity contribution is 4.97. The number of rotatable bonds is 4. The first-order valence-electron chi connectivity index (χ1n) is 6.21. The number of nitrogens with zero attached hydrogens (tertiary/aromatic N) is 1. The summed E-state index contributed by atoms with van der Waals surface area (Å²) < 4.78 is 0. The molecule has 0 amide bonds. The number of piperidine rings is 1. The van der Waals surface area contributed by atoms with Gasteiger partial charge < -0.3 is 16.0 Å². The van der Waals surface area contributed by atoms with Gasteiger partial charge >= 0.3 is 0 Å². The summed E-state index contributed by atoms with van der Waals surface area (Å²) in [6.07, 6.45) is 3.52. The first kappa shape index (κ1) is 12.9. The molecule has 0 aromatic rings. The summed E-state index contributed by atoms with van der Waals surface area (Å²) in [5.74, 6) is 0. The monoisotopic (exact) mass is 213 g/mol. The lowest BCUT2D eigenvalue weighted by atomic mass is 9.83. The van der Waals surface area contributed by atoms with Gasteiger partial charge in [-0.1, -0.05) is 6.92 Å². The molecule has 0 radical (unpaired) electrons. The lowest BCUT2D eigenvalue weighted by Gasteiger charge is -2.45. The molecular formula is C12H27N3. The largest absolute Gasteiger partial charge is 0.329 e. The van der Waals surface area contributed by atoms with Crippen molar-refractivity contribution in [2.75, 3.05) is 20.1 Å². The summed E-state index contributed by atoms with van der Waals surface area (Å²) >= 11 is 0. The minimum Gasteiger partial charge on any atom is -0.329 e. The van der Waals surface area contributed by atoms with Gasteiger partial charge in [-0.2, -0.15) is 0 Å². The molecule has 3 unspecified atom stereocenters. The van der Waals surface area contributed by atoms with Crippen molar-refractivity contribution < 1.29 is 0 Å². The highest BCUT2D eigenvalue weighted by Crippen LogP contribution is 2.25. The Labute approximate surface area is 94.4 Å². The highest BCUT2D eigenvalue weighted by atomic mass is 15.2. The number of nitrogens with two attached hydrogens (primary N) is 1. The van der Waals surface area contributed by atoms with Gasteiger partial charge in [0.1, 0.15) is 0 Å². The zero-order chi connectivity index (χ0) is 11.5. The molecule has 1 heterocycles. The number of likely N-dealkylation sites (tertiary alicyclic amines) is 1. The van der Waals surface area contributed by atoms with Crippen LogP contribution in [0.4, 0.5) is 0 Å². The molecule has 15 heavy (non-hydrogen) atoms. The Balaban J connectivity index is 2.60. The second-order valence-electron chi connectivity index (χ2n) is 5.22. The summed E-state index contributed by atoms with van der Waals surface area (Å²) in [5, 5.41) is 3.73. The first-order chi connectivity index (χ1) is 7.03. The van der Waals surface area contributed by atoms with Gasteiger partial charge in [-0.25, -0.2) is 0 Å². The molecule has 3 heteroatoms. The minimum atomic E-state index is 0.182. The van der Waals surface area contributed by atoms with E-state index in [4.69, 9.17) is 5.73 Å². The second-order valence-corrected chi connectivity index (χ2v) is 5.22. The smallest absolute Gasteiger partial charge is 0.0333 e. The van der Waals surface area contributed by atoms with Crippen LogP contribution in [0.25, 0.3) is 0 Å². The fourth-order valence-electron chi connectivity index (χ4n) is 2.43. The number of hydrogen-bond donors (Lipinski definition) is 2. The first-order valence-corrected chi connectivity index (χ1v) is 6.21. The van der Waals surface area contributed by atoms with Gasteiger partial charge in [-0.3, -0.25) is 0 Å². The van der Waals surface area contributed by atoms with Crippen LogP contribution >= 0.6 is 0 Å². The maximum atomic E-state index is 5.97. The average Bonchev–Trinajstić information content (AvgIpc) is 2.23. The highest BCUT2D eigenvalue weighted by Gasteiger charge is 2.36. The van der Waals surface area contributed by atoms with E-state index in [2.05, 4.69) is 38.0 Å². The van der Waals surface area contributed by atoms with Crippen LogP contribution in [-0.4, -0.2) is 42.7 Å². The van der Waals surface area contributed by atoms with E-state index in [0.29, 0.717) is 12.1 Å². The lowest BCUT2D eigenvalue weighted by molar-refractivity contribution is 0.103. The van der Waals surface area contributed by atoms with Gasteiger partial charge in [0.2, 0.25) is 0 Å². The molecule has 1 aliphatic rings. The molecule has 1 aliphatic heterocycles. The Bertz CT molecular complexity index is 191. The molecule has 0 aromatic carbocycles. The predicted octanol–water partition coefficient (Wildman–Crippen LogP) is 1.19. The molecule has 1 rings (SSSR count). The van der Waals surface area contributed by atoms with Crippen LogP contribution < -0.4 is 11.1 Å². The van der Waals surface area contributed by atoms with Crippen LogP contribution in [0.3, 0.4) is 0 Å². The molecule has 0 spiro atoms. The molecule has 0 aliphatic carbocycles. The quantitative estimate of drug-likeness (QED) is 0.737. The van der Waals surface area contributed by atoms with E-state index >= 15 is 0 Å². The van der Waals surface area contributed by atoms with Crippen LogP contribution in [0.1, 0.15) is 40.0 Å². The topological polar surface area (TPSA) is 41.3 Å². The Morgan fingerprint density at radius 2 is 2.27 bits per heavy atom. The Morgan fingerprint density at radius 3 is 2.73 bits per heavy atom. The molecular weight excluding hydrogens is 186 g/mol. The van der Waals surface area contributed by atoms with Gasteiger partial charge in [0.25, 0.3) is 0 Å². The molecule has 0 saturated carbocycles. The standard InChI is InChI=1S/C12H27N3/c1-5-10(2)14-12(9-13)6-7-15(4)11(3)8-12/h10-11,14H,5-9,13H2,1-4H3. The Morgan fingerprint density at radius 1 is 1.60 bits per heavy atom. The van der Waals surface area contributed by atoms with Gasteiger partial charge in [0, 0.05) is 24.2 Å². The molecule has 3 atom stereocenters. The third-order valence-electron chi connectivity index (χ3n) is 3.94. The van der Waals surface area contributed by atoms with E-state index in [1.165, 1.54) is 19.3 Å². The van der Waals surface area contributed by atoms with E-state index in [1.54, 1.807) is 0 Å². The van der Waals surface area contributed by atoms with E-state index in [1.807, 2.05) is 0 Å². The van der Waals surface area contributed by atoms with E-state index < -0.39 is 0 Å². The van der Waals surface area contributed by atoms with Crippen LogP contribution in [0, 0.1) is 0 Å². The lowest BCUT2D eigenvalue weighted by Crippen LogP contribution is -2.61. The molecule has 1 fully saturated rings. The van der Waals surface area contributed by atoms with E-state index in [0.717, 1.165) is 13.1 Å². The van der Waals surface area contributed by atoms with Crippen LogP contribution in [0.2, 0.25) is 0 Å². The average molecular weight is 213 g/mol. The third kappa shape index (κ3) is 3.16. The third-order valence-corrected chi connectivity index (χ3v) is 3.94. The van der Waals surface area contributed by atoms with Crippen LogP contribution in [0.5, 0.6) is 0 Å². The molecule has 1 saturated heterocycles. The molecule has 3 N–H and O–H groups in total. The molecule has 3 nitrogen and oxygen atoms in total. The zero-order valence-electron chi connectivity index (χ0n) is 10.7. The molecule has 0 aromatic heterocycles. The van der Waals surface area contributed by atoms with Gasteiger partial charge in [-0.15, -0.1) is 0 Å². The van der Waals surface area contributed by atoms with Crippen molar-refractivity contribution in [1.29, 1.82) is 0 Å². The maximum absolute atomic E-state index is 5.97. The summed E-state index contributed by atoms with van der Waals surface area (Å²) in [6, 6.07) is 1.21. The Kier molecular flexibility index (Phi) is 4.56. The van der Waals surface area contributed by atoms with Crippen molar-refractivity contribution in [2.24, 2.45) is 5.73 Å². The Hall–Kier alpha value is -0.120. The van der Waals surface area contributed by atoms with Crippen molar-refractivity contribution in [1.82, 2.24) is 10.2 Å². The van der Waals surface area contributed by atoms with Gasteiger partial charge in [0.05, 0.1) is 0 Å². The fraction of sp³-hybridized carbons (Fsp3) is 1.00. The molecule has 0 bridgehead atoms. The predicted molar refractivity (Wildman–Crippen MR) is 66.0 cm³/mol. The normalized spacial score (nSPS) is 35.4. The maximum Gasteiger partial charge on any atom is 0.0333 e. The SMILES string of the molecule is CCC(C)NC1(CN)CCN(C)C(C)C1. The van der Waals surface area contributed by atoms with Crippen molar-refractivity contribution >= 4 is 0 Å². The van der Waals surface area contributed by atoms with Crippen LogP contribution in [0.15, 0.2) is 0 Å². The fourth-order valence-corrected chi connectivity index (χ4v) is 2.43. The number of nitrogens with one attached hydrogen (secondary N) is 1. The van der Waals surface area contributed by atoms with Gasteiger partial charge in [0.15, 0.2) is 0 Å². The van der Waals surface area contributed by atoms with Crippen molar-refractivity contribution in [3.05, 3.63) is 0 Å². The summed E-state index contributed by atoms with van der Waals surface area (Å²) in [4.78, 5) is 2.42. The summed E-state index contributed by atoms with van der Waals surface area (Å²) in [5.41, 5.74) is 6.15. The summed E-state index contributed by atoms with van der Waals surface area (Å²) in [7, 11) is 2.20. The summed E-state index contributed by atoms with van der Waals surface area (Å²) in [6.45, 7) is 8.68. The van der Waals surface area contributed by atoms with E-state index in [9.17, 15) is 0 Å². The van der Waals surface area contributed by atoms with Crippen molar-refractivity contribution in [3.63, 3.8) is 0 Å². The second kappa shape index (κ2) is 5.28. The van der Waals surface area contributed by atoms with Crippen molar-refractivity contribution in [2.45, 2.75) is 57.7 Å². The van der Waals surface area contributed by atoms with Crippen LogP contribution in [-0.2, 0) is 0 Å². The minimum absolute atomic E-state index is 0.182. The zero-order valence-corrected chi connectivity index (χ0v) is 10.7. The molecule has 90 valence electrons. The van der Waals surface area contributed by atoms with Crippen molar-refractivity contribution in [3.8, 4) is 0 Å². The van der Waals surface area contributed by atoms with Gasteiger partial charge in [-0.05, 0) is 46.7 Å². The number of hydrogen-bond acceptors (Lipinski definition) is 3.